The molecule has 0 bridgehead atoms. The van der Waals surface area contributed by atoms with Crippen molar-refractivity contribution in [1.82, 2.24) is 14.6 Å². The Bertz CT molecular complexity index is 845. The first-order valence-corrected chi connectivity index (χ1v) is 10.3. The van der Waals surface area contributed by atoms with Crippen LogP contribution in [0.2, 0.25) is 0 Å². The molecule has 14 heteroatoms. The molecule has 0 radical (unpaired) electrons. The van der Waals surface area contributed by atoms with Crippen molar-refractivity contribution < 1.29 is 38.5 Å². The van der Waals surface area contributed by atoms with Crippen molar-refractivity contribution in [2.24, 2.45) is 0 Å². The van der Waals surface area contributed by atoms with Gasteiger partial charge in [-0.25, -0.2) is 14.4 Å². The van der Waals surface area contributed by atoms with Crippen molar-refractivity contribution in [2.75, 3.05) is 18.9 Å². The van der Waals surface area contributed by atoms with Crippen LogP contribution in [0.25, 0.3) is 0 Å². The van der Waals surface area contributed by atoms with E-state index >= 15 is 0 Å². The third-order valence-corrected chi connectivity index (χ3v) is 5.48. The van der Waals surface area contributed by atoms with Crippen molar-refractivity contribution >= 4 is 19.5 Å². The lowest BCUT2D eigenvalue weighted by Gasteiger charge is -2.27. The maximum Gasteiger partial charge on any atom is 0.403 e. The number of carbonyl (C=O) groups excluding carboxylic acids is 1. The van der Waals surface area contributed by atoms with Crippen molar-refractivity contribution in [1.29, 1.82) is 0 Å². The molecule has 1 aliphatic heterocycles. The van der Waals surface area contributed by atoms with E-state index < -0.39 is 56.1 Å². The van der Waals surface area contributed by atoms with E-state index in [-0.39, 0.29) is 12.4 Å². The molecule has 0 aromatic carbocycles. The van der Waals surface area contributed by atoms with Gasteiger partial charge < -0.3 is 30.3 Å². The number of nitrogen functional groups attached to an aromatic ring is 1. The second kappa shape index (κ2) is 8.88. The minimum absolute atomic E-state index is 0.0349. The van der Waals surface area contributed by atoms with Crippen LogP contribution >= 0.6 is 7.75 Å². The van der Waals surface area contributed by atoms with Crippen LogP contribution in [0, 0.1) is 0 Å². The largest absolute Gasteiger partial charge is 0.465 e. The number of rotatable bonds is 8. The molecule has 6 N–H and O–H groups in total. The van der Waals surface area contributed by atoms with Crippen molar-refractivity contribution in [3.8, 4) is 0 Å². The molecule has 2 heterocycles. The number of anilines is 1. The van der Waals surface area contributed by atoms with E-state index in [4.69, 9.17) is 19.7 Å². The van der Waals surface area contributed by atoms with Gasteiger partial charge in [-0.15, -0.1) is 0 Å². The molecule has 0 spiro atoms. The fraction of sp³-hybridized carbons (Fsp3) is 0.667. The molecule has 0 saturated carbocycles. The molecule has 1 saturated heterocycles. The maximum absolute atomic E-state index is 12.1. The van der Waals surface area contributed by atoms with E-state index in [2.05, 4.69) is 10.1 Å². The SMILES string of the molecule is CCOC(=O)[C@H](C)NP(=O)(O)OC[C@@H]1OC(n2ccc(N)nc2=O)[C@](C)(O)[C@@H]1O. The number of carbonyl (C=O) groups is 1. The monoisotopic (exact) mass is 436 g/mol. The zero-order chi connectivity index (χ0) is 22.0. The van der Waals surface area contributed by atoms with Gasteiger partial charge in [-0.2, -0.15) is 4.98 Å². The van der Waals surface area contributed by atoms with Gasteiger partial charge in [0.2, 0.25) is 0 Å². The first kappa shape index (κ1) is 23.4. The van der Waals surface area contributed by atoms with Crippen LogP contribution in [0.3, 0.4) is 0 Å². The van der Waals surface area contributed by atoms with Gasteiger partial charge in [0.05, 0.1) is 13.2 Å². The van der Waals surface area contributed by atoms with E-state index in [1.54, 1.807) is 6.92 Å². The van der Waals surface area contributed by atoms with E-state index in [1.807, 2.05) is 0 Å². The number of nitrogens with zero attached hydrogens (tertiary/aromatic N) is 2. The molecule has 2 rings (SSSR count). The number of esters is 1. The Balaban J connectivity index is 2.07. The van der Waals surface area contributed by atoms with Crippen LogP contribution in [0.1, 0.15) is 27.0 Å². The molecule has 1 aromatic heterocycles. The predicted molar refractivity (Wildman–Crippen MR) is 98.5 cm³/mol. The third kappa shape index (κ3) is 5.39. The van der Waals surface area contributed by atoms with Crippen LogP contribution < -0.4 is 16.5 Å². The number of aromatic nitrogens is 2. The Morgan fingerprint density at radius 2 is 2.24 bits per heavy atom. The molecule has 1 fully saturated rings. The summed E-state index contributed by atoms with van der Waals surface area (Å²) in [5, 5.41) is 23.0. The van der Waals surface area contributed by atoms with Gasteiger partial charge in [-0.05, 0) is 26.8 Å². The highest BCUT2D eigenvalue weighted by Gasteiger charge is 2.54. The molecule has 0 aliphatic carbocycles. The van der Waals surface area contributed by atoms with Crippen LogP contribution in [-0.2, 0) is 23.4 Å². The van der Waals surface area contributed by atoms with E-state index in [0.717, 1.165) is 4.57 Å². The summed E-state index contributed by atoms with van der Waals surface area (Å²) in [6.07, 6.45) is -2.95. The molecular formula is C15H25N4O9P. The maximum atomic E-state index is 12.1. The molecule has 13 nitrogen and oxygen atoms in total. The van der Waals surface area contributed by atoms with Gasteiger partial charge in [0.1, 0.15) is 29.7 Å². The Morgan fingerprint density at radius 3 is 2.83 bits per heavy atom. The van der Waals surface area contributed by atoms with Gasteiger partial charge in [0.15, 0.2) is 6.23 Å². The van der Waals surface area contributed by atoms with Crippen LogP contribution in [-0.4, -0.2) is 67.7 Å². The first-order valence-electron chi connectivity index (χ1n) is 8.71. The molecule has 1 aliphatic rings. The Labute approximate surface area is 166 Å². The normalized spacial score (nSPS) is 29.9. The molecule has 6 atom stereocenters. The molecule has 1 aromatic rings. The molecule has 29 heavy (non-hydrogen) atoms. The van der Waals surface area contributed by atoms with E-state index in [0.29, 0.717) is 0 Å². The fourth-order valence-electron chi connectivity index (χ4n) is 2.76. The zero-order valence-corrected chi connectivity index (χ0v) is 17.0. The first-order chi connectivity index (χ1) is 13.4. The standard InChI is InChI=1S/C15H25N4O9P/c1-4-26-12(21)8(2)18-29(24,25)27-7-9-11(20)15(3,23)13(28-9)19-6-5-10(16)17-14(19)22/h5-6,8-9,11,13,20,23H,4,7H2,1-3H3,(H2,16,17,22)(H2,18,24,25)/t8-,9-,11+,13?,15+/m0/s1. The quantitative estimate of drug-likeness (QED) is 0.234. The number of nitrogens with two attached hydrogens (primary N) is 1. The Hall–Kier alpha value is -1.86. The summed E-state index contributed by atoms with van der Waals surface area (Å²) in [5.41, 5.74) is 2.67. The minimum atomic E-state index is -4.48. The van der Waals surface area contributed by atoms with Crippen molar-refractivity contribution in [2.45, 2.75) is 50.8 Å². The van der Waals surface area contributed by atoms with E-state index in [9.17, 15) is 29.3 Å². The number of aliphatic hydroxyl groups excluding tert-OH is 1. The number of aliphatic hydroxyl groups is 2. The highest BCUT2D eigenvalue weighted by atomic mass is 31.2. The summed E-state index contributed by atoms with van der Waals surface area (Å²) in [6, 6.07) is 0.176. The fourth-order valence-corrected chi connectivity index (χ4v) is 3.78. The number of hydrogen-bond donors (Lipinski definition) is 5. The smallest absolute Gasteiger partial charge is 0.403 e. The molecule has 164 valence electrons. The lowest BCUT2D eigenvalue weighted by molar-refractivity contribution is -0.144. The van der Waals surface area contributed by atoms with Crippen LogP contribution in [0.4, 0.5) is 5.82 Å². The molecule has 2 unspecified atom stereocenters. The number of ether oxygens (including phenoxy) is 2. The Morgan fingerprint density at radius 1 is 1.59 bits per heavy atom. The van der Waals surface area contributed by atoms with Crippen molar-refractivity contribution in [3.63, 3.8) is 0 Å². The summed E-state index contributed by atoms with van der Waals surface area (Å²) in [6.45, 7) is 3.60. The summed E-state index contributed by atoms with van der Waals surface area (Å²) in [5.74, 6) is -0.784. The Kier molecular flexibility index (Phi) is 7.17. The topological polar surface area (TPSA) is 195 Å². The van der Waals surface area contributed by atoms with Crippen LogP contribution in [0.15, 0.2) is 17.1 Å². The van der Waals surface area contributed by atoms with E-state index in [1.165, 1.54) is 26.1 Å². The summed E-state index contributed by atoms with van der Waals surface area (Å²) < 4.78 is 28.2. The van der Waals surface area contributed by atoms with Gasteiger partial charge in [0.25, 0.3) is 0 Å². The summed E-state index contributed by atoms with van der Waals surface area (Å²) >= 11 is 0. The summed E-state index contributed by atoms with van der Waals surface area (Å²) in [4.78, 5) is 37.0. The number of hydrogen-bond acceptors (Lipinski definition) is 10. The minimum Gasteiger partial charge on any atom is -0.465 e. The van der Waals surface area contributed by atoms with Gasteiger partial charge in [-0.3, -0.25) is 13.9 Å². The van der Waals surface area contributed by atoms with Crippen LogP contribution in [0.5, 0.6) is 0 Å². The second-order valence-electron chi connectivity index (χ2n) is 6.66. The average Bonchev–Trinajstić information content (AvgIpc) is 2.83. The number of nitrogens with one attached hydrogen (secondary N) is 1. The molecule has 0 amide bonds. The van der Waals surface area contributed by atoms with Gasteiger partial charge in [-0.1, -0.05) is 0 Å². The predicted octanol–water partition coefficient (Wildman–Crippen LogP) is -1.51. The molecular weight excluding hydrogens is 411 g/mol. The average molecular weight is 436 g/mol. The highest BCUT2D eigenvalue weighted by molar-refractivity contribution is 7.50. The van der Waals surface area contributed by atoms with Crippen molar-refractivity contribution in [3.05, 3.63) is 22.7 Å². The van der Waals surface area contributed by atoms with Gasteiger partial charge >= 0.3 is 19.4 Å². The third-order valence-electron chi connectivity index (χ3n) is 4.27. The lowest BCUT2D eigenvalue weighted by atomic mass is 9.96. The second-order valence-corrected chi connectivity index (χ2v) is 8.22. The van der Waals surface area contributed by atoms with Gasteiger partial charge in [0, 0.05) is 6.20 Å². The summed E-state index contributed by atoms with van der Waals surface area (Å²) in [7, 11) is -4.48. The zero-order valence-electron chi connectivity index (χ0n) is 16.1. The highest BCUT2D eigenvalue weighted by Crippen LogP contribution is 2.42. The lowest BCUT2D eigenvalue weighted by Crippen LogP contribution is -2.46.